The summed E-state index contributed by atoms with van der Waals surface area (Å²) in [6, 6.07) is 9.57. The molecular weight excluding hydrogens is 390 g/mol. The van der Waals surface area contributed by atoms with E-state index in [0.717, 1.165) is 10.5 Å². The van der Waals surface area contributed by atoms with E-state index >= 15 is 0 Å². The highest BCUT2D eigenvalue weighted by atomic mass is 79.9. The van der Waals surface area contributed by atoms with Crippen LogP contribution in [0.15, 0.2) is 45.9 Å². The molecular formula is C17H18BrN3O2S. The molecule has 0 aliphatic rings. The number of aromatic nitrogens is 1. The maximum absolute atomic E-state index is 12.6. The largest absolute Gasteiger partial charge is 0.348 e. The number of benzene rings is 1. The number of pyridine rings is 1. The van der Waals surface area contributed by atoms with Crippen molar-refractivity contribution < 1.29 is 9.59 Å². The summed E-state index contributed by atoms with van der Waals surface area (Å²) in [5.41, 5.74) is 1.39. The van der Waals surface area contributed by atoms with E-state index in [9.17, 15) is 9.59 Å². The molecule has 0 saturated heterocycles. The lowest BCUT2D eigenvalue weighted by molar-refractivity contribution is -0.116. The first-order chi connectivity index (χ1) is 11.4. The first-order valence-corrected chi connectivity index (χ1v) is 9.25. The van der Waals surface area contributed by atoms with Gasteiger partial charge in [-0.05, 0) is 39.9 Å². The van der Waals surface area contributed by atoms with Crippen LogP contribution in [-0.4, -0.2) is 30.1 Å². The summed E-state index contributed by atoms with van der Waals surface area (Å²) in [5, 5.41) is 2.90. The molecule has 2 aromatic rings. The van der Waals surface area contributed by atoms with Gasteiger partial charge in [0, 0.05) is 36.1 Å². The summed E-state index contributed by atoms with van der Waals surface area (Å²) in [4.78, 5) is 30.9. The molecule has 7 heteroatoms. The monoisotopic (exact) mass is 407 g/mol. The highest BCUT2D eigenvalue weighted by molar-refractivity contribution is 9.10. The first-order valence-electron chi connectivity index (χ1n) is 7.24. The molecule has 0 spiro atoms. The molecule has 0 unspecified atom stereocenters. The number of carbonyl (C=O) groups is 2. The highest BCUT2D eigenvalue weighted by Crippen LogP contribution is 2.22. The molecule has 0 saturated carbocycles. The smallest absolute Gasteiger partial charge is 0.255 e. The molecule has 126 valence electrons. The van der Waals surface area contributed by atoms with Gasteiger partial charge in [-0.3, -0.25) is 14.5 Å². The second-order valence-electron chi connectivity index (χ2n) is 5.10. The van der Waals surface area contributed by atoms with Crippen LogP contribution in [-0.2, 0) is 11.3 Å². The van der Waals surface area contributed by atoms with E-state index in [1.165, 1.54) is 11.8 Å². The maximum Gasteiger partial charge on any atom is 0.255 e. The van der Waals surface area contributed by atoms with E-state index in [4.69, 9.17) is 0 Å². The number of hydrogen-bond donors (Lipinski definition) is 1. The SMILES string of the molecule is CSc1ccccc1CNC(=O)c1cc(Br)cnc1N(C)C(C)=O. The summed E-state index contributed by atoms with van der Waals surface area (Å²) >= 11 is 4.95. The van der Waals surface area contributed by atoms with E-state index in [-0.39, 0.29) is 11.8 Å². The molecule has 0 atom stereocenters. The molecule has 0 radical (unpaired) electrons. The number of halogens is 1. The van der Waals surface area contributed by atoms with Crippen LogP contribution in [0.2, 0.25) is 0 Å². The van der Waals surface area contributed by atoms with Crippen molar-refractivity contribution in [3.8, 4) is 0 Å². The lowest BCUT2D eigenvalue weighted by Gasteiger charge is -2.18. The fraction of sp³-hybridized carbons (Fsp3) is 0.235. The quantitative estimate of drug-likeness (QED) is 0.770. The van der Waals surface area contributed by atoms with Crippen LogP contribution in [0.25, 0.3) is 0 Å². The molecule has 0 aliphatic carbocycles. The van der Waals surface area contributed by atoms with Crippen LogP contribution >= 0.6 is 27.7 Å². The van der Waals surface area contributed by atoms with E-state index in [2.05, 4.69) is 26.2 Å². The number of nitrogens with zero attached hydrogens (tertiary/aromatic N) is 2. The molecule has 5 nitrogen and oxygen atoms in total. The van der Waals surface area contributed by atoms with E-state index < -0.39 is 0 Å². The van der Waals surface area contributed by atoms with E-state index in [1.807, 2.05) is 30.5 Å². The number of carbonyl (C=O) groups excluding carboxylic acids is 2. The molecule has 24 heavy (non-hydrogen) atoms. The fourth-order valence-electron chi connectivity index (χ4n) is 2.14. The van der Waals surface area contributed by atoms with E-state index in [1.54, 1.807) is 31.1 Å². The Morgan fingerprint density at radius 2 is 2.04 bits per heavy atom. The Hall–Kier alpha value is -1.86. The summed E-state index contributed by atoms with van der Waals surface area (Å²) in [6.07, 6.45) is 3.56. The Morgan fingerprint density at radius 1 is 1.33 bits per heavy atom. The Balaban J connectivity index is 2.23. The van der Waals surface area contributed by atoms with Gasteiger partial charge >= 0.3 is 0 Å². The number of anilines is 1. The third-order valence-electron chi connectivity index (χ3n) is 3.50. The Bertz CT molecular complexity index is 767. The van der Waals surface area contributed by atoms with Gasteiger partial charge in [0.25, 0.3) is 5.91 Å². The van der Waals surface area contributed by atoms with Crippen LogP contribution in [0.1, 0.15) is 22.8 Å². The van der Waals surface area contributed by atoms with E-state index in [0.29, 0.717) is 22.4 Å². The fourth-order valence-corrected chi connectivity index (χ4v) is 3.08. The van der Waals surface area contributed by atoms with Crippen molar-refractivity contribution in [3.63, 3.8) is 0 Å². The Morgan fingerprint density at radius 3 is 2.71 bits per heavy atom. The predicted molar refractivity (Wildman–Crippen MR) is 100 cm³/mol. The van der Waals surface area contributed by atoms with Gasteiger partial charge in [-0.25, -0.2) is 4.98 Å². The number of nitrogens with one attached hydrogen (secondary N) is 1. The van der Waals surface area contributed by atoms with Crippen LogP contribution in [0.5, 0.6) is 0 Å². The average molecular weight is 408 g/mol. The lowest BCUT2D eigenvalue weighted by Crippen LogP contribution is -2.30. The average Bonchev–Trinajstić information content (AvgIpc) is 2.59. The van der Waals surface area contributed by atoms with Gasteiger partial charge in [0.15, 0.2) is 0 Å². The second kappa shape index (κ2) is 8.30. The first kappa shape index (κ1) is 18.5. The minimum Gasteiger partial charge on any atom is -0.348 e. The van der Waals surface area contributed by atoms with Crippen molar-refractivity contribution in [2.75, 3.05) is 18.2 Å². The molecule has 0 aliphatic heterocycles. The summed E-state index contributed by atoms with van der Waals surface area (Å²) in [5.74, 6) is -0.129. The zero-order valence-electron chi connectivity index (χ0n) is 13.7. The molecule has 1 aromatic heterocycles. The van der Waals surface area contributed by atoms with Crippen molar-refractivity contribution in [3.05, 3.63) is 52.1 Å². The summed E-state index contributed by atoms with van der Waals surface area (Å²) < 4.78 is 0.679. The highest BCUT2D eigenvalue weighted by Gasteiger charge is 2.19. The van der Waals surface area contributed by atoms with Crippen LogP contribution in [0, 0.1) is 0 Å². The molecule has 0 fully saturated rings. The van der Waals surface area contributed by atoms with Gasteiger partial charge in [0.05, 0.1) is 5.56 Å². The Labute approximate surface area is 154 Å². The topological polar surface area (TPSA) is 62.3 Å². The minimum atomic E-state index is -0.275. The minimum absolute atomic E-state index is 0.188. The van der Waals surface area contributed by atoms with Gasteiger partial charge in [0.2, 0.25) is 5.91 Å². The van der Waals surface area contributed by atoms with Crippen LogP contribution in [0.3, 0.4) is 0 Å². The van der Waals surface area contributed by atoms with Crippen molar-refractivity contribution in [2.24, 2.45) is 0 Å². The molecule has 2 amide bonds. The van der Waals surface area contributed by atoms with Gasteiger partial charge in [-0.15, -0.1) is 11.8 Å². The molecule has 0 bridgehead atoms. The van der Waals surface area contributed by atoms with Crippen LogP contribution in [0.4, 0.5) is 5.82 Å². The number of rotatable bonds is 5. The van der Waals surface area contributed by atoms with Crippen molar-refractivity contribution >= 4 is 45.3 Å². The van der Waals surface area contributed by atoms with Crippen molar-refractivity contribution in [1.82, 2.24) is 10.3 Å². The molecule has 1 N–H and O–H groups in total. The third-order valence-corrected chi connectivity index (χ3v) is 4.77. The second-order valence-corrected chi connectivity index (χ2v) is 6.86. The summed E-state index contributed by atoms with van der Waals surface area (Å²) in [6.45, 7) is 1.84. The van der Waals surface area contributed by atoms with Gasteiger partial charge in [-0.2, -0.15) is 0 Å². The Kier molecular flexibility index (Phi) is 6.39. The van der Waals surface area contributed by atoms with Gasteiger partial charge < -0.3 is 5.32 Å². The predicted octanol–water partition coefficient (Wildman–Crippen LogP) is 3.48. The maximum atomic E-state index is 12.6. The summed E-state index contributed by atoms with van der Waals surface area (Å²) in [7, 11) is 1.60. The normalized spacial score (nSPS) is 10.3. The zero-order chi connectivity index (χ0) is 17.7. The molecule has 1 aromatic carbocycles. The van der Waals surface area contributed by atoms with Gasteiger partial charge in [-0.1, -0.05) is 18.2 Å². The number of amides is 2. The third kappa shape index (κ3) is 4.36. The zero-order valence-corrected chi connectivity index (χ0v) is 16.1. The lowest BCUT2D eigenvalue weighted by atomic mass is 10.2. The number of thioether (sulfide) groups is 1. The standard InChI is InChI=1S/C17H18BrN3O2S/c1-11(22)21(2)16-14(8-13(18)10-19-16)17(23)20-9-12-6-4-5-7-15(12)24-3/h4-8,10H,9H2,1-3H3,(H,20,23). The molecule has 1 heterocycles. The van der Waals surface area contributed by atoms with Crippen molar-refractivity contribution in [2.45, 2.75) is 18.4 Å². The number of hydrogen-bond acceptors (Lipinski definition) is 4. The van der Waals surface area contributed by atoms with Gasteiger partial charge in [0.1, 0.15) is 5.82 Å². The molecule has 2 rings (SSSR count). The van der Waals surface area contributed by atoms with Crippen molar-refractivity contribution in [1.29, 1.82) is 0 Å². The van der Waals surface area contributed by atoms with Crippen LogP contribution < -0.4 is 10.2 Å².